The van der Waals surface area contributed by atoms with Crippen LogP contribution in [-0.4, -0.2) is 47.9 Å². The second kappa shape index (κ2) is 4.97. The molecule has 2 atom stereocenters. The van der Waals surface area contributed by atoms with E-state index in [1.807, 2.05) is 0 Å². The third kappa shape index (κ3) is 2.47. The first-order valence-electron chi connectivity index (χ1n) is 7.63. The first-order valence-corrected chi connectivity index (χ1v) is 7.63. The average molecular weight is 327 g/mol. The number of hydrogen-bond acceptors (Lipinski definition) is 6. The first-order chi connectivity index (χ1) is 10.8. The Bertz CT molecular complexity index is 531. The fourth-order valence-corrected chi connectivity index (χ4v) is 5.40. The normalized spacial score (nSPS) is 40.3. The predicted octanol–water partition coefficient (Wildman–Crippen LogP) is 1.19. The Morgan fingerprint density at radius 1 is 1.00 bits per heavy atom. The minimum atomic E-state index is -1.12. The van der Waals surface area contributed by atoms with Gasteiger partial charge >= 0.3 is 12.2 Å². The van der Waals surface area contributed by atoms with Gasteiger partial charge in [-0.3, -0.25) is 10.1 Å². The topological polar surface area (TPSA) is 120 Å². The van der Waals surface area contributed by atoms with Crippen molar-refractivity contribution in [3.63, 3.8) is 0 Å². The molecule has 0 saturated heterocycles. The molecule has 4 fully saturated rings. The Kier molecular flexibility index (Phi) is 3.42. The molecule has 2 amide bonds. The van der Waals surface area contributed by atoms with Crippen molar-refractivity contribution < 1.29 is 24.0 Å². The maximum atomic E-state index is 11.8. The molecule has 0 aromatic heterocycles. The van der Waals surface area contributed by atoms with Crippen LogP contribution in [0, 0.1) is 16.0 Å². The van der Waals surface area contributed by atoms with Crippen molar-refractivity contribution in [2.24, 2.45) is 5.92 Å². The van der Waals surface area contributed by atoms with Gasteiger partial charge in [-0.2, -0.15) is 0 Å². The van der Waals surface area contributed by atoms with Crippen LogP contribution < -0.4 is 10.6 Å². The lowest BCUT2D eigenvalue weighted by molar-refractivity contribution is -0.590. The van der Waals surface area contributed by atoms with Crippen molar-refractivity contribution in [2.45, 2.75) is 55.1 Å². The van der Waals surface area contributed by atoms with Crippen molar-refractivity contribution in [3.8, 4) is 0 Å². The Balaban J connectivity index is 1.96. The van der Waals surface area contributed by atoms with E-state index in [9.17, 15) is 19.7 Å². The van der Waals surface area contributed by atoms with Crippen LogP contribution in [0.2, 0.25) is 0 Å². The highest BCUT2D eigenvalue weighted by atomic mass is 16.6. The highest BCUT2D eigenvalue weighted by Gasteiger charge is 2.70. The van der Waals surface area contributed by atoms with Crippen LogP contribution in [0.25, 0.3) is 0 Å². The quantitative estimate of drug-likeness (QED) is 0.593. The van der Waals surface area contributed by atoms with Crippen molar-refractivity contribution >= 4 is 12.2 Å². The van der Waals surface area contributed by atoms with E-state index in [4.69, 9.17) is 0 Å². The summed E-state index contributed by atoms with van der Waals surface area (Å²) in [5.41, 5.74) is -2.57. The maximum Gasteiger partial charge on any atom is 0.407 e. The van der Waals surface area contributed by atoms with E-state index in [0.717, 1.165) is 0 Å². The number of carbonyl (C=O) groups is 2. The summed E-state index contributed by atoms with van der Waals surface area (Å²) in [7, 11) is 2.53. The highest BCUT2D eigenvalue weighted by molar-refractivity contribution is 5.70. The molecule has 2 unspecified atom stereocenters. The van der Waals surface area contributed by atoms with Crippen molar-refractivity contribution in [2.75, 3.05) is 14.2 Å². The van der Waals surface area contributed by atoms with Gasteiger partial charge in [0.2, 0.25) is 5.54 Å². The van der Waals surface area contributed by atoms with Gasteiger partial charge in [-0.15, -0.1) is 0 Å². The molecule has 4 aliphatic carbocycles. The zero-order valence-corrected chi connectivity index (χ0v) is 13.2. The summed E-state index contributed by atoms with van der Waals surface area (Å²) in [6.07, 6.45) is 1.61. The summed E-state index contributed by atoms with van der Waals surface area (Å²) in [5.74, 6) is 0.0750. The van der Waals surface area contributed by atoms with Crippen molar-refractivity contribution in [3.05, 3.63) is 10.1 Å². The van der Waals surface area contributed by atoms with E-state index in [0.29, 0.717) is 25.7 Å². The molecular weight excluding hydrogens is 306 g/mol. The lowest BCUT2D eigenvalue weighted by Crippen LogP contribution is -2.75. The number of carbonyl (C=O) groups excluding carboxylic acids is 2. The van der Waals surface area contributed by atoms with Gasteiger partial charge in [0, 0.05) is 24.2 Å². The highest BCUT2D eigenvalue weighted by Crippen LogP contribution is 2.60. The van der Waals surface area contributed by atoms with Crippen molar-refractivity contribution in [1.82, 2.24) is 10.6 Å². The lowest BCUT2D eigenvalue weighted by Gasteiger charge is -2.62. The lowest BCUT2D eigenvalue weighted by atomic mass is 9.47. The molecular formula is C14H21N3O6. The molecule has 0 radical (unpaired) electrons. The van der Waals surface area contributed by atoms with E-state index in [2.05, 4.69) is 20.1 Å². The SMILES string of the molecule is COC(=O)NC12CC3CC(NC(=O)OC)(C1)CC([N+](=O)[O-])(C3)C2. The van der Waals surface area contributed by atoms with Crippen LogP contribution in [-0.2, 0) is 9.47 Å². The van der Waals surface area contributed by atoms with E-state index in [1.54, 1.807) is 0 Å². The van der Waals surface area contributed by atoms with Gasteiger partial charge in [0.05, 0.1) is 25.3 Å². The van der Waals surface area contributed by atoms with Gasteiger partial charge in [0.25, 0.3) is 0 Å². The number of amides is 2. The summed E-state index contributed by atoms with van der Waals surface area (Å²) in [5, 5.41) is 17.4. The summed E-state index contributed by atoms with van der Waals surface area (Å²) in [4.78, 5) is 35.0. The molecule has 0 aromatic rings. The van der Waals surface area contributed by atoms with Crippen LogP contribution in [0.3, 0.4) is 0 Å². The molecule has 0 heterocycles. The van der Waals surface area contributed by atoms with E-state index in [-0.39, 0.29) is 23.7 Å². The molecule has 9 nitrogen and oxygen atoms in total. The molecule has 0 spiro atoms. The molecule has 23 heavy (non-hydrogen) atoms. The molecule has 0 aliphatic heterocycles. The second-order valence-electron chi connectivity index (χ2n) is 7.28. The summed E-state index contributed by atoms with van der Waals surface area (Å²) in [6, 6.07) is 0. The minimum Gasteiger partial charge on any atom is -0.453 e. The van der Waals surface area contributed by atoms with Gasteiger partial charge in [0.1, 0.15) is 0 Å². The fraction of sp³-hybridized carbons (Fsp3) is 0.857. The van der Waals surface area contributed by atoms with Gasteiger partial charge < -0.3 is 20.1 Å². The largest absolute Gasteiger partial charge is 0.453 e. The molecule has 4 bridgehead atoms. The summed E-state index contributed by atoms with van der Waals surface area (Å²) in [6.45, 7) is 0. The van der Waals surface area contributed by atoms with Crippen LogP contribution in [0.1, 0.15) is 38.5 Å². The fourth-order valence-electron chi connectivity index (χ4n) is 5.40. The zero-order chi connectivity index (χ0) is 16.9. The molecule has 4 rings (SSSR count). The molecule has 0 aromatic carbocycles. The third-order valence-corrected chi connectivity index (χ3v) is 5.53. The number of nitrogens with one attached hydrogen (secondary N) is 2. The number of methoxy groups -OCH3 is 2. The number of nitro groups is 1. The zero-order valence-electron chi connectivity index (χ0n) is 13.2. The molecule has 4 aliphatic rings. The first kappa shape index (κ1) is 15.8. The Morgan fingerprint density at radius 2 is 1.48 bits per heavy atom. The Labute approximate surface area is 133 Å². The Hall–Kier alpha value is -2.06. The summed E-state index contributed by atoms with van der Waals surface area (Å²) >= 11 is 0. The van der Waals surface area contributed by atoms with Gasteiger partial charge in [0.15, 0.2) is 0 Å². The number of hydrogen-bond donors (Lipinski definition) is 2. The van der Waals surface area contributed by atoms with Crippen LogP contribution in [0.4, 0.5) is 9.59 Å². The second-order valence-corrected chi connectivity index (χ2v) is 7.28. The van der Waals surface area contributed by atoms with Crippen molar-refractivity contribution in [1.29, 1.82) is 0 Å². The number of nitrogens with zero attached hydrogens (tertiary/aromatic N) is 1. The average Bonchev–Trinajstić information content (AvgIpc) is 2.44. The minimum absolute atomic E-state index is 0.0750. The maximum absolute atomic E-state index is 11.8. The van der Waals surface area contributed by atoms with Crippen LogP contribution >= 0.6 is 0 Å². The number of alkyl carbamates (subject to hydrolysis) is 2. The molecule has 2 N–H and O–H groups in total. The van der Waals surface area contributed by atoms with E-state index < -0.39 is 28.8 Å². The molecule has 4 saturated carbocycles. The number of rotatable bonds is 3. The Morgan fingerprint density at radius 3 is 1.87 bits per heavy atom. The molecule has 9 heteroatoms. The van der Waals surface area contributed by atoms with E-state index >= 15 is 0 Å². The van der Waals surface area contributed by atoms with E-state index in [1.165, 1.54) is 14.2 Å². The predicted molar refractivity (Wildman–Crippen MR) is 77.5 cm³/mol. The summed E-state index contributed by atoms with van der Waals surface area (Å²) < 4.78 is 9.37. The number of ether oxygens (including phenoxy) is 2. The van der Waals surface area contributed by atoms with Crippen LogP contribution in [0.15, 0.2) is 0 Å². The molecule has 128 valence electrons. The third-order valence-electron chi connectivity index (χ3n) is 5.53. The smallest absolute Gasteiger partial charge is 0.407 e. The van der Waals surface area contributed by atoms with Gasteiger partial charge in [-0.05, 0) is 25.2 Å². The monoisotopic (exact) mass is 327 g/mol. The standard InChI is InChI=1S/C14H21N3O6/c1-22-10(18)15-12-3-9-4-13(6-12,16-11(19)23-2)8-14(5-9,7-12)17(20)21/h9H,3-8H2,1-2H3,(H,15,18)(H,16,19). The van der Waals surface area contributed by atoms with Gasteiger partial charge in [-0.1, -0.05) is 0 Å². The van der Waals surface area contributed by atoms with Gasteiger partial charge in [-0.25, -0.2) is 9.59 Å². The van der Waals surface area contributed by atoms with Crippen LogP contribution in [0.5, 0.6) is 0 Å².